The van der Waals surface area contributed by atoms with Gasteiger partial charge in [0.05, 0.1) is 6.61 Å². The number of hydrogen-bond donors (Lipinski definition) is 0. The molecule has 0 atom stereocenters. The van der Waals surface area contributed by atoms with Crippen molar-refractivity contribution < 1.29 is 28.3 Å². The van der Waals surface area contributed by atoms with Gasteiger partial charge in [0.1, 0.15) is 11.2 Å². The first-order chi connectivity index (χ1) is 13.7. The number of furan rings is 1. The van der Waals surface area contributed by atoms with Crippen molar-refractivity contribution in [2.45, 2.75) is 33.3 Å². The van der Waals surface area contributed by atoms with Crippen molar-refractivity contribution in [1.82, 2.24) is 9.80 Å². The van der Waals surface area contributed by atoms with E-state index < -0.39 is 11.6 Å². The van der Waals surface area contributed by atoms with Gasteiger partial charge in [-0.15, -0.1) is 0 Å². The number of piperazine rings is 1. The van der Waals surface area contributed by atoms with Crippen molar-refractivity contribution in [2.75, 3.05) is 32.8 Å². The fraction of sp³-hybridized carbons (Fsp3) is 0.476. The molecule has 2 aromatic rings. The molecule has 1 saturated heterocycles. The number of hydrogen-bond acceptors (Lipinski definition) is 6. The van der Waals surface area contributed by atoms with Crippen LogP contribution in [-0.2, 0) is 9.47 Å². The van der Waals surface area contributed by atoms with E-state index in [1.807, 2.05) is 20.8 Å². The zero-order chi connectivity index (χ0) is 21.2. The smallest absolute Gasteiger partial charge is 0.410 e. The molecule has 1 aromatic carbocycles. The minimum Gasteiger partial charge on any atom is -0.460 e. The molecular formula is C21H26N2O6. The lowest BCUT2D eigenvalue weighted by atomic mass is 10.1. The SMILES string of the molecule is CCOC(=O)c1cc2cc(C(=O)N3CCN(C(=O)OC(C)(C)C)CC3)ccc2o1. The van der Waals surface area contributed by atoms with Gasteiger partial charge >= 0.3 is 12.1 Å². The first kappa shape index (κ1) is 20.7. The van der Waals surface area contributed by atoms with Crippen molar-refractivity contribution in [3.05, 3.63) is 35.6 Å². The summed E-state index contributed by atoms with van der Waals surface area (Å²) >= 11 is 0. The van der Waals surface area contributed by atoms with Gasteiger partial charge in [-0.05, 0) is 52.0 Å². The number of rotatable bonds is 3. The van der Waals surface area contributed by atoms with Crippen molar-refractivity contribution >= 4 is 28.9 Å². The second-order valence-electron chi connectivity index (χ2n) is 7.84. The third-order valence-electron chi connectivity index (χ3n) is 4.46. The molecule has 2 heterocycles. The summed E-state index contributed by atoms with van der Waals surface area (Å²) in [5.41, 5.74) is 0.464. The fourth-order valence-corrected chi connectivity index (χ4v) is 3.08. The Balaban J connectivity index is 1.66. The van der Waals surface area contributed by atoms with Crippen molar-refractivity contribution in [3.8, 4) is 0 Å². The molecule has 156 valence electrons. The average Bonchev–Trinajstić information content (AvgIpc) is 3.10. The minimum absolute atomic E-state index is 0.109. The summed E-state index contributed by atoms with van der Waals surface area (Å²) < 4.78 is 15.8. The van der Waals surface area contributed by atoms with Crippen LogP contribution in [0.2, 0.25) is 0 Å². The van der Waals surface area contributed by atoms with Crippen LogP contribution in [0.4, 0.5) is 4.79 Å². The molecule has 8 heteroatoms. The molecule has 1 fully saturated rings. The van der Waals surface area contributed by atoms with Crippen molar-refractivity contribution in [1.29, 1.82) is 0 Å². The zero-order valence-corrected chi connectivity index (χ0v) is 17.2. The van der Waals surface area contributed by atoms with E-state index in [9.17, 15) is 14.4 Å². The number of carbonyl (C=O) groups is 3. The van der Waals surface area contributed by atoms with E-state index in [2.05, 4.69) is 0 Å². The Kier molecular flexibility index (Phi) is 5.81. The molecule has 3 rings (SSSR count). The van der Waals surface area contributed by atoms with Crippen LogP contribution >= 0.6 is 0 Å². The molecule has 29 heavy (non-hydrogen) atoms. The first-order valence-corrected chi connectivity index (χ1v) is 9.66. The van der Waals surface area contributed by atoms with E-state index >= 15 is 0 Å². The van der Waals surface area contributed by atoms with Gasteiger partial charge in [-0.3, -0.25) is 4.79 Å². The Morgan fingerprint density at radius 1 is 1.03 bits per heavy atom. The van der Waals surface area contributed by atoms with Gasteiger partial charge in [0.15, 0.2) is 0 Å². The molecule has 1 aromatic heterocycles. The number of esters is 1. The predicted octanol–water partition coefficient (Wildman–Crippen LogP) is 3.30. The highest BCUT2D eigenvalue weighted by molar-refractivity contribution is 5.99. The highest BCUT2D eigenvalue weighted by atomic mass is 16.6. The standard InChI is InChI=1S/C21H26N2O6/c1-5-27-19(25)17-13-15-12-14(6-7-16(15)28-17)18(24)22-8-10-23(11-9-22)20(26)29-21(2,3)4/h6-7,12-13H,5,8-11H2,1-4H3. The monoisotopic (exact) mass is 402 g/mol. The van der Waals surface area contributed by atoms with Gasteiger partial charge in [0, 0.05) is 37.1 Å². The normalized spacial score (nSPS) is 14.8. The van der Waals surface area contributed by atoms with Gasteiger partial charge in [-0.25, -0.2) is 9.59 Å². The maximum Gasteiger partial charge on any atom is 0.410 e. The average molecular weight is 402 g/mol. The Morgan fingerprint density at radius 3 is 2.31 bits per heavy atom. The van der Waals surface area contributed by atoms with Crippen LogP contribution in [0.25, 0.3) is 11.0 Å². The molecule has 0 unspecified atom stereocenters. The topological polar surface area (TPSA) is 89.3 Å². The van der Waals surface area contributed by atoms with Crippen LogP contribution in [0.3, 0.4) is 0 Å². The summed E-state index contributed by atoms with van der Waals surface area (Å²) in [7, 11) is 0. The third kappa shape index (κ3) is 4.88. The summed E-state index contributed by atoms with van der Waals surface area (Å²) in [6, 6.07) is 6.61. The predicted molar refractivity (Wildman–Crippen MR) is 106 cm³/mol. The summed E-state index contributed by atoms with van der Waals surface area (Å²) in [6.07, 6.45) is -0.365. The van der Waals surface area contributed by atoms with E-state index in [1.54, 1.807) is 41.0 Å². The number of benzene rings is 1. The van der Waals surface area contributed by atoms with Gasteiger partial charge < -0.3 is 23.7 Å². The van der Waals surface area contributed by atoms with E-state index in [1.165, 1.54) is 0 Å². The van der Waals surface area contributed by atoms with Crippen LogP contribution in [0, 0.1) is 0 Å². The summed E-state index contributed by atoms with van der Waals surface area (Å²) in [6.45, 7) is 9.14. The van der Waals surface area contributed by atoms with E-state index in [0.717, 1.165) is 0 Å². The van der Waals surface area contributed by atoms with Crippen LogP contribution in [0.1, 0.15) is 48.6 Å². The fourth-order valence-electron chi connectivity index (χ4n) is 3.08. The minimum atomic E-state index is -0.549. The molecule has 0 bridgehead atoms. The molecule has 8 nitrogen and oxygen atoms in total. The largest absolute Gasteiger partial charge is 0.460 e. The Morgan fingerprint density at radius 2 is 1.69 bits per heavy atom. The number of ether oxygens (including phenoxy) is 2. The zero-order valence-electron chi connectivity index (χ0n) is 17.2. The number of carbonyl (C=O) groups excluding carboxylic acids is 3. The Bertz CT molecular complexity index is 919. The molecule has 0 N–H and O–H groups in total. The Labute approximate surface area is 169 Å². The molecular weight excluding hydrogens is 376 g/mol. The quantitative estimate of drug-likeness (QED) is 0.732. The second-order valence-corrected chi connectivity index (χ2v) is 7.84. The lowest BCUT2D eigenvalue weighted by Crippen LogP contribution is -2.51. The van der Waals surface area contributed by atoms with Gasteiger partial charge in [0.2, 0.25) is 5.76 Å². The second kappa shape index (κ2) is 8.14. The molecule has 1 aliphatic heterocycles. The highest BCUT2D eigenvalue weighted by Gasteiger charge is 2.28. The molecule has 0 spiro atoms. The van der Waals surface area contributed by atoms with Crippen LogP contribution in [0.15, 0.2) is 28.7 Å². The number of amides is 2. The lowest BCUT2D eigenvalue weighted by Gasteiger charge is -2.35. The number of fused-ring (bicyclic) bond motifs is 1. The molecule has 2 amide bonds. The van der Waals surface area contributed by atoms with Crippen molar-refractivity contribution in [3.63, 3.8) is 0 Å². The lowest BCUT2D eigenvalue weighted by molar-refractivity contribution is 0.0141. The first-order valence-electron chi connectivity index (χ1n) is 9.66. The number of nitrogens with zero attached hydrogens (tertiary/aromatic N) is 2. The van der Waals surface area contributed by atoms with Crippen molar-refractivity contribution in [2.24, 2.45) is 0 Å². The van der Waals surface area contributed by atoms with Crippen LogP contribution < -0.4 is 0 Å². The molecule has 0 saturated carbocycles. The van der Waals surface area contributed by atoms with E-state index in [-0.39, 0.29) is 24.4 Å². The Hall–Kier alpha value is -3.03. The van der Waals surface area contributed by atoms with Gasteiger partial charge in [-0.1, -0.05) is 0 Å². The van der Waals surface area contributed by atoms with Crippen LogP contribution in [-0.4, -0.2) is 66.2 Å². The van der Waals surface area contributed by atoms with Gasteiger partial charge in [-0.2, -0.15) is 0 Å². The summed E-state index contributed by atoms with van der Waals surface area (Å²) in [5.74, 6) is -0.554. The summed E-state index contributed by atoms with van der Waals surface area (Å²) in [4.78, 5) is 40.2. The molecule has 0 aliphatic carbocycles. The summed E-state index contributed by atoms with van der Waals surface area (Å²) in [5, 5.41) is 0.659. The van der Waals surface area contributed by atoms with E-state index in [4.69, 9.17) is 13.9 Å². The maximum atomic E-state index is 12.9. The highest BCUT2D eigenvalue weighted by Crippen LogP contribution is 2.23. The van der Waals surface area contributed by atoms with E-state index in [0.29, 0.717) is 42.7 Å². The van der Waals surface area contributed by atoms with Crippen LogP contribution in [0.5, 0.6) is 0 Å². The third-order valence-corrected chi connectivity index (χ3v) is 4.46. The maximum absolute atomic E-state index is 12.9. The molecule has 0 radical (unpaired) electrons. The molecule has 1 aliphatic rings. The van der Waals surface area contributed by atoms with Gasteiger partial charge in [0.25, 0.3) is 5.91 Å².